The Morgan fingerprint density at radius 3 is 2.21 bits per heavy atom. The van der Waals surface area contributed by atoms with Crippen molar-refractivity contribution >= 4 is 17.7 Å². The van der Waals surface area contributed by atoms with Crippen LogP contribution in [-0.2, 0) is 42.6 Å². The first kappa shape index (κ1) is 23.4. The van der Waals surface area contributed by atoms with Gasteiger partial charge in [-0.2, -0.15) is 18.2 Å². The molecule has 0 radical (unpaired) electrons. The number of likely N-dealkylation sites (N-methyl/N-ethyl adjacent to an activating group) is 1. The third kappa shape index (κ3) is 8.70. The fourth-order valence-electron chi connectivity index (χ4n) is 5.12. The molecule has 1 aromatic heterocycles. The van der Waals surface area contributed by atoms with E-state index in [0.29, 0.717) is 34.9 Å². The number of carbonyl (C=O) groups excluding carboxylic acids is 1. The lowest BCUT2D eigenvalue weighted by molar-refractivity contribution is -0.137. The normalized spacial score (nSPS) is 16.8. The zero-order valence-corrected chi connectivity index (χ0v) is 26.4. The van der Waals surface area contributed by atoms with E-state index in [2.05, 4.69) is 4.98 Å². The summed E-state index contributed by atoms with van der Waals surface area (Å²) >= 11 is 0.661. The van der Waals surface area contributed by atoms with Crippen LogP contribution in [0.2, 0.25) is 0 Å². The van der Waals surface area contributed by atoms with Gasteiger partial charge < -0.3 is 14.4 Å². The van der Waals surface area contributed by atoms with Gasteiger partial charge in [0.15, 0.2) is 5.16 Å². The molecule has 1 aliphatic carbocycles. The van der Waals surface area contributed by atoms with Crippen molar-refractivity contribution in [3.8, 4) is 11.1 Å². The predicted octanol–water partition coefficient (Wildman–Crippen LogP) is 7.22. The molecule has 0 N–H and O–H groups in total. The summed E-state index contributed by atoms with van der Waals surface area (Å²) in [5, 5.41) is -0.322. The highest BCUT2D eigenvalue weighted by Gasteiger charge is 2.30. The predicted molar refractivity (Wildman–Crippen MR) is 177 cm³/mol. The van der Waals surface area contributed by atoms with Gasteiger partial charge in [0.25, 0.3) is 5.56 Å². The molecule has 0 atom stereocenters. The Balaban J connectivity index is 1.54. The molecule has 0 saturated carbocycles. The number of benzene rings is 3. The fourth-order valence-corrected chi connectivity index (χ4v) is 5.97. The number of hydrogen-bond acceptors (Lipinski definition) is 5. The topological polar surface area (TPSA) is 58.4 Å². The van der Waals surface area contributed by atoms with Crippen molar-refractivity contribution in [3.05, 3.63) is 117 Å². The molecule has 248 valence electrons. The molecule has 11 heteroatoms. The molecule has 1 heterocycles. The molecule has 0 unspecified atom stereocenters. The van der Waals surface area contributed by atoms with E-state index in [1.165, 1.54) is 12.1 Å². The van der Waals surface area contributed by atoms with E-state index in [9.17, 15) is 29.9 Å². The average molecular weight is 677 g/mol. The van der Waals surface area contributed by atoms with Crippen molar-refractivity contribution in [1.82, 2.24) is 19.4 Å². The second-order valence-corrected chi connectivity index (χ2v) is 11.5. The van der Waals surface area contributed by atoms with Crippen LogP contribution in [0.25, 0.3) is 11.1 Å². The second-order valence-electron chi connectivity index (χ2n) is 10.6. The van der Waals surface area contributed by atoms with Crippen molar-refractivity contribution in [2.24, 2.45) is 0 Å². The van der Waals surface area contributed by atoms with E-state index in [1.807, 2.05) is 0 Å². The van der Waals surface area contributed by atoms with Gasteiger partial charge in [0.05, 0.1) is 13.8 Å². The maximum Gasteiger partial charge on any atom is 0.416 e. The fraction of sp³-hybridized carbons (Fsp3) is 0.361. The van der Waals surface area contributed by atoms with Crippen molar-refractivity contribution in [2.45, 2.75) is 63.2 Å². The Bertz CT molecular complexity index is 2170. The van der Waals surface area contributed by atoms with Crippen LogP contribution in [0.3, 0.4) is 0 Å². The number of thioether (sulfide) groups is 1. The highest BCUT2D eigenvalue weighted by Crippen LogP contribution is 2.31. The van der Waals surface area contributed by atoms with E-state index >= 15 is 0 Å². The molecular weight excluding hydrogens is 628 g/mol. The summed E-state index contributed by atoms with van der Waals surface area (Å²) in [4.78, 5) is 33.7. The van der Waals surface area contributed by atoms with Crippen molar-refractivity contribution in [1.29, 1.82) is 0 Å². The Labute approximate surface area is 290 Å². The monoisotopic (exact) mass is 676 g/mol. The van der Waals surface area contributed by atoms with Crippen molar-refractivity contribution < 1.29 is 36.1 Å². The quantitative estimate of drug-likeness (QED) is 0.0851. The molecule has 1 aliphatic rings. The minimum atomic E-state index is -4.52. The highest BCUT2D eigenvalue weighted by molar-refractivity contribution is 7.98. The first-order valence-corrected chi connectivity index (χ1v) is 15.7. The summed E-state index contributed by atoms with van der Waals surface area (Å²) in [5.41, 5.74) is 0.0716. The third-order valence-electron chi connectivity index (χ3n) is 7.60. The van der Waals surface area contributed by atoms with Gasteiger partial charge in [-0.3, -0.25) is 9.59 Å². The number of amides is 1. The van der Waals surface area contributed by atoms with Crippen LogP contribution in [0, 0.1) is 5.82 Å². The van der Waals surface area contributed by atoms with E-state index in [1.54, 1.807) is 24.3 Å². The standard InChI is InChI=1S/C36H38F4N4O2S/c1-3-42(4-2)20-21-43(22-25-8-12-27(13-9-25)28-14-16-29(17-15-28)36(38,39)40)33(45)23-44-32-7-5-6-31(32)34(46)41-35(44)47-24-26-10-18-30(37)19-11-26/h8-19H,3-7,20-24H2,1-2H3/i3D2,4D2,10D,11D,18D,19D,23D2. The SMILES string of the molecule is [2H]c1c([2H])c(CSc2nc(=O)c3c(n2C([2H])([2H])C(=O)N(CCN(C([2H])([2H])C)C([2H])([2H])C)Cc2ccc(-c4ccc(C(F)(F)F)cc4)cc2)CCC3)c([2H])c([2H])c1F. The van der Waals surface area contributed by atoms with Crippen LogP contribution in [0.5, 0.6) is 0 Å². The maximum absolute atomic E-state index is 14.6. The third-order valence-corrected chi connectivity index (χ3v) is 8.56. The minimum Gasteiger partial charge on any atom is -0.336 e. The van der Waals surface area contributed by atoms with Gasteiger partial charge in [-0.05, 0) is 78.7 Å². The Hall–Kier alpha value is -3.96. The summed E-state index contributed by atoms with van der Waals surface area (Å²) in [6.07, 6.45) is -3.66. The molecule has 0 saturated heterocycles. The van der Waals surface area contributed by atoms with Gasteiger partial charge >= 0.3 is 6.18 Å². The number of rotatable bonds is 13. The zero-order valence-electron chi connectivity index (χ0n) is 35.6. The Morgan fingerprint density at radius 1 is 0.957 bits per heavy atom. The molecule has 0 bridgehead atoms. The molecule has 4 aromatic rings. The lowest BCUT2D eigenvalue weighted by Gasteiger charge is -2.28. The molecule has 3 aromatic carbocycles. The average Bonchev–Trinajstić information content (AvgIpc) is 3.61. The number of halogens is 4. The lowest BCUT2D eigenvalue weighted by atomic mass is 10.0. The van der Waals surface area contributed by atoms with Gasteiger partial charge in [-0.15, -0.1) is 0 Å². The maximum atomic E-state index is 14.6. The smallest absolute Gasteiger partial charge is 0.336 e. The van der Waals surface area contributed by atoms with Crippen LogP contribution in [0.4, 0.5) is 17.6 Å². The van der Waals surface area contributed by atoms with Crippen molar-refractivity contribution in [2.75, 3.05) is 26.1 Å². The van der Waals surface area contributed by atoms with Crippen LogP contribution in [-0.4, -0.2) is 51.3 Å². The minimum absolute atomic E-state index is 0.173. The van der Waals surface area contributed by atoms with E-state index < -0.39 is 91.5 Å². The first-order valence-electron chi connectivity index (χ1n) is 19.7. The van der Waals surface area contributed by atoms with Gasteiger partial charge in [-0.1, -0.05) is 74.1 Å². The largest absolute Gasteiger partial charge is 0.416 e. The molecule has 6 nitrogen and oxygen atoms in total. The number of carbonyl (C=O) groups is 1. The number of alkyl halides is 3. The summed E-state index contributed by atoms with van der Waals surface area (Å²) in [5.74, 6) is -2.93. The van der Waals surface area contributed by atoms with Crippen LogP contribution >= 0.6 is 11.8 Å². The Kier molecular flexibility index (Phi) is 7.61. The van der Waals surface area contributed by atoms with Gasteiger partial charge in [0.1, 0.15) is 12.3 Å². The molecule has 0 spiro atoms. The number of aromatic nitrogens is 2. The van der Waals surface area contributed by atoms with Gasteiger partial charge in [0, 0.05) is 42.1 Å². The summed E-state index contributed by atoms with van der Waals surface area (Å²) in [6.45, 7) is -6.23. The summed E-state index contributed by atoms with van der Waals surface area (Å²) in [7, 11) is 0. The molecule has 5 rings (SSSR count). The molecule has 47 heavy (non-hydrogen) atoms. The highest BCUT2D eigenvalue weighted by atomic mass is 32.2. The lowest BCUT2D eigenvalue weighted by Crippen LogP contribution is -2.40. The summed E-state index contributed by atoms with van der Waals surface area (Å²) in [6, 6.07) is 7.69. The van der Waals surface area contributed by atoms with E-state index in [4.69, 9.17) is 11.0 Å². The molecular formula is C36H38F4N4O2S. The van der Waals surface area contributed by atoms with Crippen LogP contribution in [0.15, 0.2) is 82.7 Å². The van der Waals surface area contributed by atoms with Gasteiger partial charge in [-0.25, -0.2) is 4.39 Å². The van der Waals surface area contributed by atoms with E-state index in [0.717, 1.165) is 40.3 Å². The zero-order chi connectivity index (χ0) is 42.4. The molecule has 0 fully saturated rings. The Morgan fingerprint density at radius 2 is 1.60 bits per heavy atom. The summed E-state index contributed by atoms with van der Waals surface area (Å²) < 4.78 is 138. The first-order chi connectivity index (χ1) is 26.3. The number of hydrogen-bond donors (Lipinski definition) is 0. The van der Waals surface area contributed by atoms with Gasteiger partial charge in [0.2, 0.25) is 5.91 Å². The second kappa shape index (κ2) is 15.3. The molecule has 1 amide bonds. The van der Waals surface area contributed by atoms with E-state index in [-0.39, 0.29) is 41.4 Å². The van der Waals surface area contributed by atoms with Crippen molar-refractivity contribution in [3.63, 3.8) is 0 Å². The van der Waals surface area contributed by atoms with Crippen LogP contribution in [0.1, 0.15) is 61.9 Å². The number of fused-ring (bicyclic) bond motifs is 1. The number of nitrogens with zero attached hydrogens (tertiary/aromatic N) is 4. The molecule has 0 aliphatic heterocycles. The van der Waals surface area contributed by atoms with Crippen LogP contribution < -0.4 is 5.56 Å².